The third-order valence-electron chi connectivity index (χ3n) is 0. The monoisotopic (exact) mass is 249 g/mol. The van der Waals surface area contributed by atoms with E-state index in [1.54, 1.807) is 0 Å². The average Bonchev–Trinajstić information content (AvgIpc) is 1.00. The van der Waals surface area contributed by atoms with Crippen molar-refractivity contribution in [1.82, 2.24) is 0 Å². The molecule has 0 N–H and O–H groups in total. The molecule has 0 aliphatic rings. The summed E-state index contributed by atoms with van der Waals surface area (Å²) in [5, 5.41) is 0. The van der Waals surface area contributed by atoms with Gasteiger partial charge in [-0.05, 0) is 0 Å². The summed E-state index contributed by atoms with van der Waals surface area (Å²) in [6, 6.07) is 0. The predicted molar refractivity (Wildman–Crippen MR) is 0.686 cm³/mol. The van der Waals surface area contributed by atoms with E-state index < -0.39 is 0 Å². The van der Waals surface area contributed by atoms with Crippen molar-refractivity contribution in [1.29, 1.82) is 0 Å². The van der Waals surface area contributed by atoms with E-state index in [2.05, 4.69) is 15.9 Å². The molecule has 4 heavy (non-hydrogen) atoms. The van der Waals surface area contributed by atoms with Crippen molar-refractivity contribution >= 4 is 0 Å². The molecule has 0 fully saturated rings. The first-order valence-corrected chi connectivity index (χ1v) is 0.508. The van der Waals surface area contributed by atoms with Gasteiger partial charge in [-0.1, -0.05) is 0 Å². The molecule has 2 radical (unpaired) electrons. The summed E-state index contributed by atoms with van der Waals surface area (Å²) in [5.41, 5.74) is 0. The third kappa shape index (κ3) is 9.55. The molecule has 0 bridgehead atoms. The van der Waals surface area contributed by atoms with Crippen LogP contribution in [-0.4, -0.2) is 0 Å². The van der Waals surface area contributed by atoms with Crippen LogP contribution in [-0.2, 0) is 59.2 Å². The summed E-state index contributed by atoms with van der Waals surface area (Å²) in [4.78, 5) is 0. The fourth-order valence-electron chi connectivity index (χ4n) is 0. The van der Waals surface area contributed by atoms with Crippen molar-refractivity contribution in [2.45, 2.75) is 0 Å². The van der Waals surface area contributed by atoms with Crippen molar-refractivity contribution < 1.29 is 59.2 Å². The van der Waals surface area contributed by atoms with Gasteiger partial charge in [-0.3, -0.25) is 0 Å². The molecule has 0 aliphatic carbocycles. The number of hydrogen-bond acceptors (Lipinski definition) is 1. The Balaban J connectivity index is -0.00000000500. The summed E-state index contributed by atoms with van der Waals surface area (Å²) in [6.07, 6.45) is 0. The van der Waals surface area contributed by atoms with E-state index in [0.717, 1.165) is 0 Å². The van der Waals surface area contributed by atoms with Crippen LogP contribution in [0.3, 0.4) is 0 Å². The molecule has 0 spiro atoms. The van der Waals surface area contributed by atoms with Crippen LogP contribution in [0.1, 0.15) is 0 Å². The Hall–Kier alpha value is 1.58. The van der Waals surface area contributed by atoms with Crippen LogP contribution in [0.15, 0.2) is 0 Å². The zero-order valence-electron chi connectivity index (χ0n) is 1.31. The molecule has 1 nitrogen and oxygen atoms in total. The Bertz CT molecular complexity index is 6.00. The van der Waals surface area contributed by atoms with Crippen molar-refractivity contribution in [2.24, 2.45) is 0 Å². The molecule has 0 rings (SSSR count). The Morgan fingerprint density at radius 2 is 1.25 bits per heavy atom. The fourth-order valence-corrected chi connectivity index (χ4v) is 0. The van der Waals surface area contributed by atoms with Gasteiger partial charge in [0.2, 0.25) is 0 Å². The van der Waals surface area contributed by atoms with Gasteiger partial charge in [-0.25, -0.2) is 0 Å². The van der Waals surface area contributed by atoms with Crippen molar-refractivity contribution in [2.75, 3.05) is 0 Å². The van der Waals surface area contributed by atoms with Crippen molar-refractivity contribution in [3.8, 4) is 0 Å². The minimum atomic E-state index is 0. The van der Waals surface area contributed by atoms with Crippen molar-refractivity contribution in [3.63, 3.8) is 0 Å². The first kappa shape index (κ1) is 17.6. The van der Waals surface area contributed by atoms with E-state index in [9.17, 15) is 0 Å². The van der Waals surface area contributed by atoms with Gasteiger partial charge in [0.1, 0.15) is 0 Å². The second kappa shape index (κ2) is 23.5. The first-order valence-electron chi connectivity index (χ1n) is 0.123. The van der Waals surface area contributed by atoms with Crippen LogP contribution in [0.5, 0.6) is 0 Å². The second-order valence-corrected chi connectivity index (χ2v) is 0. The van der Waals surface area contributed by atoms with Gasteiger partial charge in [-0.2, -0.15) is 0 Å². The molecule has 0 aliphatic heterocycles. The summed E-state index contributed by atoms with van der Waals surface area (Å²) >= 11 is 2.94. The summed E-state index contributed by atoms with van der Waals surface area (Å²) in [7, 11) is 0. The van der Waals surface area contributed by atoms with Crippen LogP contribution >= 0.6 is 0 Å². The summed E-state index contributed by atoms with van der Waals surface area (Å²) in [5.74, 6) is 0. The SMILES string of the molecule is [Ag].[Cu].[O]=[Cu]. The zero-order valence-corrected chi connectivity index (χ0v) is 4.68. The number of hydrogen-bond donors (Lipinski definition) is 0. The molecular formula is AgCu2O. The van der Waals surface area contributed by atoms with Crippen molar-refractivity contribution in [3.05, 3.63) is 0 Å². The van der Waals surface area contributed by atoms with E-state index in [1.807, 2.05) is 0 Å². The second-order valence-electron chi connectivity index (χ2n) is 0. The average molecular weight is 251 g/mol. The normalized spacial score (nSPS) is 1.50. The van der Waals surface area contributed by atoms with Crippen LogP contribution in [0.4, 0.5) is 0 Å². The first-order chi connectivity index (χ1) is 1.00. The Kier molecular flexibility index (Phi) is 103. The maximum absolute atomic E-state index is 7.81. The van der Waals surface area contributed by atoms with E-state index >= 15 is 0 Å². The third-order valence-corrected chi connectivity index (χ3v) is 0. The summed E-state index contributed by atoms with van der Waals surface area (Å²) < 4.78 is 7.81. The Labute approximate surface area is 58.9 Å². The van der Waals surface area contributed by atoms with Crippen LogP contribution in [0.2, 0.25) is 0 Å². The molecule has 0 aromatic heterocycles. The summed E-state index contributed by atoms with van der Waals surface area (Å²) in [6.45, 7) is 0. The molecular weight excluding hydrogens is 251 g/mol. The molecule has 0 aromatic rings. The molecule has 0 aromatic carbocycles. The van der Waals surface area contributed by atoms with Crippen LogP contribution in [0.25, 0.3) is 0 Å². The van der Waals surface area contributed by atoms with Gasteiger partial charge in [0.05, 0.1) is 0 Å². The number of rotatable bonds is 0. The van der Waals surface area contributed by atoms with Gasteiger partial charge in [0.25, 0.3) is 0 Å². The molecule has 4 heteroatoms. The van der Waals surface area contributed by atoms with Gasteiger partial charge in [-0.15, -0.1) is 0 Å². The van der Waals surface area contributed by atoms with Gasteiger partial charge in [0.15, 0.2) is 0 Å². The van der Waals surface area contributed by atoms with Crippen LogP contribution < -0.4 is 0 Å². The standard InChI is InChI=1S/Ag.2Cu.O. The fraction of sp³-hybridized carbons (Fsp3) is 0. The quantitative estimate of drug-likeness (QED) is 0.548. The van der Waals surface area contributed by atoms with E-state index in [4.69, 9.17) is 3.83 Å². The Morgan fingerprint density at radius 3 is 1.25 bits per heavy atom. The van der Waals surface area contributed by atoms with E-state index in [1.165, 1.54) is 0 Å². The molecule has 0 saturated carbocycles. The Morgan fingerprint density at radius 1 is 1.25 bits per heavy atom. The molecule has 39 valence electrons. The van der Waals surface area contributed by atoms with Gasteiger partial charge < -0.3 is 0 Å². The topological polar surface area (TPSA) is 17.1 Å². The van der Waals surface area contributed by atoms with E-state index in [0.29, 0.717) is 0 Å². The maximum atomic E-state index is 7.81. The van der Waals surface area contributed by atoms with Gasteiger partial charge in [0, 0.05) is 39.4 Å². The molecule has 0 heterocycles. The minimum absolute atomic E-state index is 0. The van der Waals surface area contributed by atoms with Gasteiger partial charge >= 0.3 is 19.8 Å². The van der Waals surface area contributed by atoms with E-state index in [-0.39, 0.29) is 39.4 Å². The zero-order chi connectivity index (χ0) is 2.00. The molecule has 0 atom stereocenters. The molecule has 0 amide bonds. The molecule has 0 saturated heterocycles. The molecule has 0 unspecified atom stereocenters. The van der Waals surface area contributed by atoms with Crippen LogP contribution in [0, 0.1) is 0 Å². The predicted octanol–water partition coefficient (Wildman–Crippen LogP) is -0.126.